The van der Waals surface area contributed by atoms with Gasteiger partial charge in [-0.05, 0) is 6.07 Å². The average Bonchev–Trinajstić information content (AvgIpc) is 2.71. The summed E-state index contributed by atoms with van der Waals surface area (Å²) >= 11 is 0. The van der Waals surface area contributed by atoms with Gasteiger partial charge >= 0.3 is 103 Å². The fourth-order valence-corrected chi connectivity index (χ4v) is 2.04. The van der Waals surface area contributed by atoms with Crippen molar-refractivity contribution in [3.8, 4) is 11.8 Å². The Morgan fingerprint density at radius 2 is 1.88 bits per heavy atom. The van der Waals surface area contributed by atoms with E-state index in [4.69, 9.17) is 0 Å². The van der Waals surface area contributed by atoms with Crippen LogP contribution in [0.15, 0.2) is 6.07 Å². The molecule has 2 rings (SSSR count). The van der Waals surface area contributed by atoms with Crippen LogP contribution in [0.2, 0.25) is 0 Å². The number of aliphatic hydroxyl groups is 1. The largest absolute Gasteiger partial charge is 1.00 e. The third-order valence-electron chi connectivity index (χ3n) is 3.34. The number of nitrogens with zero attached hydrogens (tertiary/aromatic N) is 1. The Morgan fingerprint density at radius 3 is 2.33 bits per heavy atom. The molecule has 0 spiro atoms. The summed E-state index contributed by atoms with van der Waals surface area (Å²) < 4.78 is 40.7. The van der Waals surface area contributed by atoms with Gasteiger partial charge in [-0.2, -0.15) is 0 Å². The number of carbonyl (C=O) groups excluding carboxylic acids is 1. The zero-order valence-corrected chi connectivity index (χ0v) is 19.6. The van der Waals surface area contributed by atoms with Crippen molar-refractivity contribution >= 4 is 18.5 Å². The third kappa shape index (κ3) is 5.16. The Bertz CT molecular complexity index is 711. The van der Waals surface area contributed by atoms with Crippen LogP contribution in [0.25, 0.3) is 0 Å². The molecule has 1 heterocycles. The minimum absolute atomic E-state index is 0. The summed E-state index contributed by atoms with van der Waals surface area (Å²) in [4.78, 5) is 12.8. The number of hydrogen-bond donors (Lipinski definition) is 1. The molecule has 1 atom stereocenters. The maximum Gasteiger partial charge on any atom is 1.00 e. The molecule has 1 aromatic rings. The van der Waals surface area contributed by atoms with Crippen molar-refractivity contribution in [1.82, 2.24) is 4.90 Å². The van der Waals surface area contributed by atoms with Crippen LogP contribution < -0.4 is 118 Å². The van der Waals surface area contributed by atoms with Crippen LogP contribution in [-0.2, 0) is 4.79 Å². The van der Waals surface area contributed by atoms with Gasteiger partial charge in [0.1, 0.15) is 5.82 Å². The molecule has 0 radical (unpaired) electrons. The number of rotatable bonds is 1. The fraction of sp³-hybridized carbons (Fsp3) is 0.308. The molecule has 116 valence electrons. The van der Waals surface area contributed by atoms with Crippen molar-refractivity contribution in [3.63, 3.8) is 0 Å². The second-order valence-corrected chi connectivity index (χ2v) is 4.87. The maximum absolute atomic E-state index is 13.9. The number of likely N-dealkylation sites (tertiary alicyclic amines) is 1. The molecule has 1 N–H and O–H groups in total. The van der Waals surface area contributed by atoms with Gasteiger partial charge in [-0.1, -0.05) is 24.4 Å². The summed E-state index contributed by atoms with van der Waals surface area (Å²) in [6.07, 6.45) is -0.0908. The first kappa shape index (κ1) is 25.3. The third-order valence-corrected chi connectivity index (χ3v) is 3.34. The zero-order valence-electron chi connectivity index (χ0n) is 13.3. The normalized spacial score (nSPS) is 19.1. The van der Waals surface area contributed by atoms with Gasteiger partial charge in [-0.25, -0.2) is 13.2 Å². The Labute approximate surface area is 222 Å². The maximum atomic E-state index is 13.9. The summed E-state index contributed by atoms with van der Waals surface area (Å²) in [5.41, 5.74) is -4.43. The summed E-state index contributed by atoms with van der Waals surface area (Å²) in [5, 5.41) is 31.5. The van der Waals surface area contributed by atoms with Gasteiger partial charge in [0, 0.05) is 20.0 Å². The van der Waals surface area contributed by atoms with Gasteiger partial charge in [-0.15, -0.1) is 0 Å². The van der Waals surface area contributed by atoms with Gasteiger partial charge in [0.15, 0.2) is 11.6 Å². The van der Waals surface area contributed by atoms with Crippen LogP contribution in [0.3, 0.4) is 0 Å². The summed E-state index contributed by atoms with van der Waals surface area (Å²) in [6.45, 7) is 0.187. The number of likely N-dealkylation sites (N-methyl/N-ethyl adjacent to an activating group) is 1. The van der Waals surface area contributed by atoms with Crippen LogP contribution in [0.1, 0.15) is 12.0 Å². The summed E-state index contributed by atoms with van der Waals surface area (Å²) in [7, 11) is -1.46. The van der Waals surface area contributed by atoms with Crippen molar-refractivity contribution in [2.24, 2.45) is 0 Å². The van der Waals surface area contributed by atoms with E-state index in [0.29, 0.717) is 0 Å². The molecular formula is C13H9BF3K2NO4. The van der Waals surface area contributed by atoms with E-state index in [9.17, 15) is 33.1 Å². The second kappa shape index (κ2) is 9.98. The molecule has 1 unspecified atom stereocenters. The van der Waals surface area contributed by atoms with E-state index in [2.05, 4.69) is 0 Å². The SMILES string of the molecule is CN1CCC(O)(C#Cc2c(F)c(F)cc(B([O-])[O-])c2F)C1=O.[K+].[K+]. The monoisotopic (exact) mass is 389 g/mol. The molecule has 0 aliphatic carbocycles. The fourth-order valence-electron chi connectivity index (χ4n) is 2.04. The van der Waals surface area contributed by atoms with Crippen molar-refractivity contribution in [3.05, 3.63) is 29.1 Å². The Morgan fingerprint density at radius 1 is 1.29 bits per heavy atom. The second-order valence-electron chi connectivity index (χ2n) is 4.87. The molecule has 5 nitrogen and oxygen atoms in total. The van der Waals surface area contributed by atoms with Gasteiger partial charge in [-0.3, -0.25) is 4.79 Å². The zero-order chi connectivity index (χ0) is 16.7. The van der Waals surface area contributed by atoms with E-state index < -0.39 is 47.1 Å². The van der Waals surface area contributed by atoms with E-state index in [1.54, 1.807) is 0 Å². The molecule has 1 fully saturated rings. The van der Waals surface area contributed by atoms with Crippen LogP contribution in [0, 0.1) is 29.3 Å². The Hall–Kier alpha value is 1.26. The first-order valence-electron chi connectivity index (χ1n) is 6.17. The molecule has 11 heteroatoms. The predicted octanol–water partition coefficient (Wildman–Crippen LogP) is -8.53. The standard InChI is InChI=1S/C13H9BF3NO4.2K/c1-18-5-4-13(20,12(18)19)3-2-7-10(16)8(14(21)22)6-9(15)11(7)17;;/h6,20H,4-5H2,1H3;;/q-2;2*+1. The van der Waals surface area contributed by atoms with Crippen LogP contribution in [-0.4, -0.2) is 42.2 Å². The number of carbonyl (C=O) groups is 1. The first-order valence-corrected chi connectivity index (χ1v) is 6.17. The first-order chi connectivity index (χ1) is 10.2. The van der Waals surface area contributed by atoms with Crippen molar-refractivity contribution in [1.29, 1.82) is 0 Å². The number of benzene rings is 1. The number of halogens is 3. The van der Waals surface area contributed by atoms with Crippen LogP contribution >= 0.6 is 0 Å². The molecule has 24 heavy (non-hydrogen) atoms. The van der Waals surface area contributed by atoms with Gasteiger partial charge in [0.2, 0.25) is 5.60 Å². The van der Waals surface area contributed by atoms with E-state index >= 15 is 0 Å². The smallest absolute Gasteiger partial charge is 0.889 e. The van der Waals surface area contributed by atoms with Crippen LogP contribution in [0.4, 0.5) is 13.2 Å². The molecule has 1 saturated heterocycles. The van der Waals surface area contributed by atoms with Gasteiger partial charge in [0.25, 0.3) is 5.91 Å². The minimum atomic E-state index is -2.86. The molecule has 0 aromatic heterocycles. The topological polar surface area (TPSA) is 86.7 Å². The number of amides is 1. The molecule has 1 aliphatic rings. The van der Waals surface area contributed by atoms with E-state index in [1.807, 2.05) is 11.8 Å². The summed E-state index contributed by atoms with van der Waals surface area (Å²) in [5.74, 6) is -1.84. The molecule has 0 saturated carbocycles. The predicted molar refractivity (Wildman–Crippen MR) is 65.8 cm³/mol. The Kier molecular flexibility index (Phi) is 10.5. The molecular weight excluding hydrogens is 380 g/mol. The average molecular weight is 389 g/mol. The van der Waals surface area contributed by atoms with E-state index in [0.717, 1.165) is 0 Å². The van der Waals surface area contributed by atoms with E-state index in [1.165, 1.54) is 11.9 Å². The van der Waals surface area contributed by atoms with Crippen molar-refractivity contribution in [2.45, 2.75) is 12.0 Å². The van der Waals surface area contributed by atoms with Crippen molar-refractivity contribution in [2.75, 3.05) is 13.6 Å². The molecule has 1 amide bonds. The van der Waals surface area contributed by atoms with Crippen LogP contribution in [0.5, 0.6) is 0 Å². The Balaban J connectivity index is 0.00000264. The minimum Gasteiger partial charge on any atom is -0.889 e. The number of hydrogen-bond acceptors (Lipinski definition) is 4. The van der Waals surface area contributed by atoms with Gasteiger partial charge < -0.3 is 20.1 Å². The molecule has 1 aliphatic heterocycles. The van der Waals surface area contributed by atoms with Crippen molar-refractivity contribution < 1.29 is 136 Å². The van der Waals surface area contributed by atoms with Gasteiger partial charge in [0.05, 0.1) is 5.56 Å². The molecule has 0 bridgehead atoms. The quantitative estimate of drug-likeness (QED) is 0.294. The molecule has 1 aromatic carbocycles. The van der Waals surface area contributed by atoms with E-state index in [-0.39, 0.29) is 122 Å². The summed E-state index contributed by atoms with van der Waals surface area (Å²) in [6, 6.07) is 0.170.